The number of amides is 1. The fourth-order valence-electron chi connectivity index (χ4n) is 3.33. The highest BCUT2D eigenvalue weighted by Crippen LogP contribution is 2.10. The maximum absolute atomic E-state index is 11.8. The van der Waals surface area contributed by atoms with Gasteiger partial charge >= 0.3 is 0 Å². The summed E-state index contributed by atoms with van der Waals surface area (Å²) in [5, 5.41) is 12.0. The van der Waals surface area contributed by atoms with Crippen molar-refractivity contribution in [2.45, 2.75) is 96.8 Å². The molecule has 0 aliphatic rings. The highest BCUT2D eigenvalue weighted by atomic mass is 16.3. The highest BCUT2D eigenvalue weighted by Gasteiger charge is 2.13. The number of carbonyl (C=O) groups excluding carboxylic acids is 1. The van der Waals surface area contributed by atoms with Crippen LogP contribution in [0.4, 0.5) is 0 Å². The van der Waals surface area contributed by atoms with Gasteiger partial charge in [-0.25, -0.2) is 0 Å². The van der Waals surface area contributed by atoms with Crippen molar-refractivity contribution in [3.8, 4) is 0 Å². The summed E-state index contributed by atoms with van der Waals surface area (Å²) in [6.45, 7) is 4.74. The molecular weight excluding hydrogens is 348 g/mol. The summed E-state index contributed by atoms with van der Waals surface area (Å²) in [5.74, 6) is 0.168. The molecule has 0 aliphatic heterocycles. The molecule has 2 N–H and O–H groups in total. The van der Waals surface area contributed by atoms with E-state index in [9.17, 15) is 4.79 Å². The fraction of sp³-hybridized carbons (Fsp3) is 0.875. The third-order valence-electron chi connectivity index (χ3n) is 5.41. The van der Waals surface area contributed by atoms with Crippen molar-refractivity contribution in [3.05, 3.63) is 12.2 Å². The van der Waals surface area contributed by atoms with Crippen LogP contribution in [0.2, 0.25) is 0 Å². The molecule has 4 heteroatoms. The summed E-state index contributed by atoms with van der Waals surface area (Å²) in [6.07, 6.45) is 22.0. The van der Waals surface area contributed by atoms with E-state index in [0.717, 1.165) is 30.4 Å². The van der Waals surface area contributed by atoms with E-state index in [1.54, 1.807) is 0 Å². The average Bonchev–Trinajstić information content (AvgIpc) is 2.64. The minimum Gasteiger partial charge on any atom is -0.391 e. The summed E-state index contributed by atoms with van der Waals surface area (Å²) in [7, 11) is 4.15. The molecule has 0 aromatic carbocycles. The summed E-state index contributed by atoms with van der Waals surface area (Å²) in [5.41, 5.74) is 0. The molecule has 0 saturated carbocycles. The number of allylic oxidation sites excluding steroid dienone is 2. The van der Waals surface area contributed by atoms with Crippen molar-refractivity contribution in [3.63, 3.8) is 0 Å². The number of carbonyl (C=O) groups is 1. The maximum Gasteiger partial charge on any atom is 0.220 e. The van der Waals surface area contributed by atoms with Crippen LogP contribution in [0.15, 0.2) is 12.2 Å². The standard InChI is InChI=1S/C24H48N2O2/c1-4-5-6-7-8-9-10-11-12-13-14-15-16-17-18-19-24(28)25-20-21-26(2,3)22-23-27/h11-12,27H,4-10,13-23H2,1-3H3/p+1/b12-11+. The van der Waals surface area contributed by atoms with Crippen LogP contribution in [0.25, 0.3) is 0 Å². The number of hydrogen-bond donors (Lipinski definition) is 2. The van der Waals surface area contributed by atoms with Gasteiger partial charge in [-0.1, -0.05) is 70.4 Å². The first kappa shape index (κ1) is 27.1. The Morgan fingerprint density at radius 3 is 1.93 bits per heavy atom. The minimum absolute atomic E-state index is 0.168. The number of hydrogen-bond acceptors (Lipinski definition) is 2. The third-order valence-corrected chi connectivity index (χ3v) is 5.41. The van der Waals surface area contributed by atoms with Gasteiger partial charge in [0.1, 0.15) is 6.54 Å². The Morgan fingerprint density at radius 1 is 0.821 bits per heavy atom. The van der Waals surface area contributed by atoms with Gasteiger partial charge in [-0.15, -0.1) is 0 Å². The Kier molecular flexibility index (Phi) is 18.8. The number of quaternary nitrogens is 1. The van der Waals surface area contributed by atoms with Crippen LogP contribution in [-0.4, -0.2) is 55.8 Å². The van der Waals surface area contributed by atoms with E-state index < -0.39 is 0 Å². The lowest BCUT2D eigenvalue weighted by Gasteiger charge is -2.28. The SMILES string of the molecule is CCCCCCCC/C=C/CCCCCCCC(=O)NCC[N+](C)(C)CCO. The Balaban J connectivity index is 3.34. The number of unbranched alkanes of at least 4 members (excludes halogenated alkanes) is 11. The molecule has 0 atom stereocenters. The van der Waals surface area contributed by atoms with Crippen LogP contribution < -0.4 is 5.32 Å². The summed E-state index contributed by atoms with van der Waals surface area (Å²) in [4.78, 5) is 11.8. The molecule has 0 rings (SSSR count). The first-order valence-corrected chi connectivity index (χ1v) is 11.9. The first-order chi connectivity index (χ1) is 13.5. The van der Waals surface area contributed by atoms with Crippen LogP contribution in [0.3, 0.4) is 0 Å². The average molecular weight is 398 g/mol. The lowest BCUT2D eigenvalue weighted by Crippen LogP contribution is -2.46. The number of aliphatic hydroxyl groups is 1. The normalized spacial score (nSPS) is 12.0. The predicted molar refractivity (Wildman–Crippen MR) is 121 cm³/mol. The molecule has 4 nitrogen and oxygen atoms in total. The monoisotopic (exact) mass is 397 g/mol. The number of nitrogens with zero attached hydrogens (tertiary/aromatic N) is 1. The van der Waals surface area contributed by atoms with Crippen LogP contribution in [-0.2, 0) is 4.79 Å². The van der Waals surface area contributed by atoms with Crippen LogP contribution in [0.5, 0.6) is 0 Å². The Morgan fingerprint density at radius 2 is 1.36 bits per heavy atom. The van der Waals surface area contributed by atoms with Gasteiger partial charge in [0.15, 0.2) is 0 Å². The lowest BCUT2D eigenvalue weighted by atomic mass is 10.1. The van der Waals surface area contributed by atoms with Gasteiger partial charge in [0, 0.05) is 6.42 Å². The second-order valence-corrected chi connectivity index (χ2v) is 8.79. The number of likely N-dealkylation sites (N-methyl/N-ethyl adjacent to an activating group) is 1. The Hall–Kier alpha value is -0.870. The van der Waals surface area contributed by atoms with Crippen LogP contribution in [0, 0.1) is 0 Å². The van der Waals surface area contributed by atoms with Crippen LogP contribution >= 0.6 is 0 Å². The van der Waals surface area contributed by atoms with Crippen molar-refractivity contribution in [1.82, 2.24) is 5.32 Å². The molecule has 0 saturated heterocycles. The van der Waals surface area contributed by atoms with E-state index in [4.69, 9.17) is 5.11 Å². The maximum atomic E-state index is 11.8. The lowest BCUT2D eigenvalue weighted by molar-refractivity contribution is -0.889. The fourth-order valence-corrected chi connectivity index (χ4v) is 3.33. The van der Waals surface area contributed by atoms with Crippen molar-refractivity contribution >= 4 is 5.91 Å². The van der Waals surface area contributed by atoms with E-state index >= 15 is 0 Å². The van der Waals surface area contributed by atoms with Gasteiger partial charge < -0.3 is 14.9 Å². The zero-order valence-corrected chi connectivity index (χ0v) is 19.2. The van der Waals surface area contributed by atoms with Gasteiger partial charge in [-0.3, -0.25) is 4.79 Å². The van der Waals surface area contributed by atoms with E-state index in [2.05, 4.69) is 38.5 Å². The molecule has 166 valence electrons. The largest absolute Gasteiger partial charge is 0.391 e. The van der Waals surface area contributed by atoms with Crippen molar-refractivity contribution in [1.29, 1.82) is 0 Å². The van der Waals surface area contributed by atoms with Gasteiger partial charge in [0.05, 0.1) is 33.8 Å². The molecule has 0 aromatic heterocycles. The van der Waals surface area contributed by atoms with Gasteiger partial charge in [-0.05, 0) is 32.1 Å². The molecule has 0 bridgehead atoms. The minimum atomic E-state index is 0.168. The summed E-state index contributed by atoms with van der Waals surface area (Å²) in [6, 6.07) is 0. The molecule has 0 aliphatic carbocycles. The molecule has 0 fully saturated rings. The highest BCUT2D eigenvalue weighted by molar-refractivity contribution is 5.75. The quantitative estimate of drug-likeness (QED) is 0.168. The number of nitrogens with one attached hydrogen (secondary N) is 1. The predicted octanol–water partition coefficient (Wildman–Crippen LogP) is 5.21. The molecule has 1 amide bonds. The molecule has 28 heavy (non-hydrogen) atoms. The van der Waals surface area contributed by atoms with Crippen molar-refractivity contribution in [2.75, 3.05) is 40.3 Å². The van der Waals surface area contributed by atoms with E-state index in [0.29, 0.717) is 13.0 Å². The van der Waals surface area contributed by atoms with E-state index in [-0.39, 0.29) is 12.5 Å². The first-order valence-electron chi connectivity index (χ1n) is 11.9. The molecule has 0 aromatic rings. The molecule has 0 unspecified atom stereocenters. The molecule has 0 heterocycles. The topological polar surface area (TPSA) is 49.3 Å². The van der Waals surface area contributed by atoms with Crippen molar-refractivity contribution < 1.29 is 14.4 Å². The van der Waals surface area contributed by atoms with Gasteiger partial charge in [-0.2, -0.15) is 0 Å². The van der Waals surface area contributed by atoms with Crippen LogP contribution in [0.1, 0.15) is 96.8 Å². The summed E-state index contributed by atoms with van der Waals surface area (Å²) < 4.78 is 0.740. The Labute approximate surface area is 175 Å². The van der Waals surface area contributed by atoms with E-state index in [1.165, 1.54) is 70.6 Å². The second kappa shape index (κ2) is 19.4. The number of aliphatic hydroxyl groups excluding tert-OH is 1. The smallest absolute Gasteiger partial charge is 0.220 e. The third kappa shape index (κ3) is 19.9. The Bertz CT molecular complexity index is 381. The molecule has 0 radical (unpaired) electrons. The second-order valence-electron chi connectivity index (χ2n) is 8.79. The summed E-state index contributed by atoms with van der Waals surface area (Å²) >= 11 is 0. The molecular formula is C24H49N2O2+. The molecule has 0 spiro atoms. The van der Waals surface area contributed by atoms with Gasteiger partial charge in [0.25, 0.3) is 0 Å². The van der Waals surface area contributed by atoms with Gasteiger partial charge in [0.2, 0.25) is 5.91 Å². The van der Waals surface area contributed by atoms with E-state index in [1.807, 2.05) is 0 Å². The zero-order valence-electron chi connectivity index (χ0n) is 19.2. The zero-order chi connectivity index (χ0) is 20.9. The number of rotatable bonds is 20. The van der Waals surface area contributed by atoms with Crippen molar-refractivity contribution in [2.24, 2.45) is 0 Å².